The van der Waals surface area contributed by atoms with Gasteiger partial charge in [0, 0.05) is 25.4 Å². The van der Waals surface area contributed by atoms with Gasteiger partial charge in [-0.1, -0.05) is 0 Å². The first kappa shape index (κ1) is 14.0. The normalized spacial score (nSPS) is 26.7. The van der Waals surface area contributed by atoms with E-state index in [-0.39, 0.29) is 6.04 Å². The fraction of sp³-hybridized carbons (Fsp3) is 1.00. The molecule has 0 aromatic rings. The van der Waals surface area contributed by atoms with Crippen molar-refractivity contribution < 1.29 is 27.8 Å². The van der Waals surface area contributed by atoms with Crippen LogP contribution in [0, 0.1) is 0 Å². The van der Waals surface area contributed by atoms with Crippen LogP contribution in [-0.2, 0) is 9.47 Å². The fourth-order valence-corrected chi connectivity index (χ4v) is 2.44. The summed E-state index contributed by atoms with van der Waals surface area (Å²) in [5, 5.41) is 11.6. The molecule has 1 atom stereocenters. The number of aliphatic hydroxyl groups is 1. The van der Waals surface area contributed by atoms with E-state index >= 15 is 0 Å². The molecule has 0 radical (unpaired) electrons. The van der Waals surface area contributed by atoms with Gasteiger partial charge in [0.1, 0.15) is 0 Å². The SMILES string of the molecule is OC(CNC1CCC2(CC1)OCCO2)C(F)(F)F. The second kappa shape index (κ2) is 5.32. The Morgan fingerprint density at radius 3 is 2.28 bits per heavy atom. The Morgan fingerprint density at radius 2 is 1.78 bits per heavy atom. The van der Waals surface area contributed by atoms with Crippen LogP contribution in [-0.4, -0.2) is 49.0 Å². The van der Waals surface area contributed by atoms with Gasteiger partial charge in [0.05, 0.1) is 13.2 Å². The van der Waals surface area contributed by atoms with Crippen molar-refractivity contribution in [3.05, 3.63) is 0 Å². The maximum absolute atomic E-state index is 12.1. The molecular formula is C11H18F3NO3. The van der Waals surface area contributed by atoms with Crippen molar-refractivity contribution in [3.63, 3.8) is 0 Å². The number of hydrogen-bond donors (Lipinski definition) is 2. The molecule has 4 nitrogen and oxygen atoms in total. The predicted octanol–water partition coefficient (Wildman–Crippen LogP) is 1.18. The third kappa shape index (κ3) is 3.34. The maximum atomic E-state index is 12.1. The first-order chi connectivity index (χ1) is 8.41. The molecule has 0 bridgehead atoms. The molecule has 1 saturated carbocycles. The second-order valence-corrected chi connectivity index (χ2v) is 4.85. The van der Waals surface area contributed by atoms with E-state index in [1.165, 1.54) is 0 Å². The number of halogens is 3. The van der Waals surface area contributed by atoms with Crippen molar-refractivity contribution in [1.29, 1.82) is 0 Å². The molecule has 1 aliphatic heterocycles. The predicted molar refractivity (Wildman–Crippen MR) is 57.0 cm³/mol. The average molecular weight is 269 g/mol. The minimum absolute atomic E-state index is 0.0135. The molecular weight excluding hydrogens is 251 g/mol. The molecule has 1 spiro atoms. The van der Waals surface area contributed by atoms with Gasteiger partial charge in [-0.2, -0.15) is 13.2 Å². The number of hydrogen-bond acceptors (Lipinski definition) is 4. The minimum Gasteiger partial charge on any atom is -0.382 e. The molecule has 2 fully saturated rings. The lowest BCUT2D eigenvalue weighted by Gasteiger charge is -2.36. The van der Waals surface area contributed by atoms with Crippen molar-refractivity contribution in [3.8, 4) is 0 Å². The molecule has 2 N–H and O–H groups in total. The zero-order valence-electron chi connectivity index (χ0n) is 10.0. The van der Waals surface area contributed by atoms with Crippen molar-refractivity contribution in [2.24, 2.45) is 0 Å². The zero-order chi connectivity index (χ0) is 13.2. The number of ether oxygens (including phenoxy) is 2. The van der Waals surface area contributed by atoms with E-state index in [1.807, 2.05) is 0 Å². The summed E-state index contributed by atoms with van der Waals surface area (Å²) in [6.07, 6.45) is -4.08. The molecule has 18 heavy (non-hydrogen) atoms. The van der Waals surface area contributed by atoms with Crippen LogP contribution in [0.4, 0.5) is 13.2 Å². The third-order valence-electron chi connectivity index (χ3n) is 3.54. The summed E-state index contributed by atoms with van der Waals surface area (Å²) in [5.74, 6) is -0.499. The molecule has 1 unspecified atom stereocenters. The Kier molecular flexibility index (Phi) is 4.15. The quantitative estimate of drug-likeness (QED) is 0.808. The van der Waals surface area contributed by atoms with E-state index in [4.69, 9.17) is 14.6 Å². The Balaban J connectivity index is 1.71. The molecule has 1 saturated heterocycles. The van der Waals surface area contributed by atoms with E-state index in [9.17, 15) is 13.2 Å². The van der Waals surface area contributed by atoms with E-state index in [2.05, 4.69) is 5.32 Å². The van der Waals surface area contributed by atoms with Gasteiger partial charge in [-0.3, -0.25) is 0 Å². The van der Waals surface area contributed by atoms with Crippen LogP contribution >= 0.6 is 0 Å². The lowest BCUT2D eigenvalue weighted by atomic mass is 9.90. The average Bonchev–Trinajstić information content (AvgIpc) is 2.75. The summed E-state index contributed by atoms with van der Waals surface area (Å²) < 4.78 is 47.4. The number of nitrogens with one attached hydrogen (secondary N) is 1. The topological polar surface area (TPSA) is 50.7 Å². The van der Waals surface area contributed by atoms with Crippen molar-refractivity contribution >= 4 is 0 Å². The van der Waals surface area contributed by atoms with Gasteiger partial charge in [-0.15, -0.1) is 0 Å². The molecule has 0 aromatic heterocycles. The van der Waals surface area contributed by atoms with E-state index < -0.39 is 24.6 Å². The van der Waals surface area contributed by atoms with Gasteiger partial charge < -0.3 is 19.9 Å². The smallest absolute Gasteiger partial charge is 0.382 e. The van der Waals surface area contributed by atoms with Crippen LogP contribution in [0.5, 0.6) is 0 Å². The Hall–Kier alpha value is -0.370. The van der Waals surface area contributed by atoms with Gasteiger partial charge >= 0.3 is 6.18 Å². The summed E-state index contributed by atoms with van der Waals surface area (Å²) >= 11 is 0. The van der Waals surface area contributed by atoms with Gasteiger partial charge in [0.25, 0.3) is 0 Å². The van der Waals surface area contributed by atoms with Crippen LogP contribution in [0.15, 0.2) is 0 Å². The van der Waals surface area contributed by atoms with E-state index in [1.54, 1.807) is 0 Å². The number of aliphatic hydroxyl groups excluding tert-OH is 1. The Bertz CT molecular complexity index is 269. The van der Waals surface area contributed by atoms with Crippen LogP contribution in [0.25, 0.3) is 0 Å². The zero-order valence-corrected chi connectivity index (χ0v) is 10.0. The highest BCUT2D eigenvalue weighted by atomic mass is 19.4. The summed E-state index contributed by atoms with van der Waals surface area (Å²) in [4.78, 5) is 0. The minimum atomic E-state index is -4.55. The molecule has 1 heterocycles. The summed E-state index contributed by atoms with van der Waals surface area (Å²) in [6.45, 7) is 0.721. The third-order valence-corrected chi connectivity index (χ3v) is 3.54. The van der Waals surface area contributed by atoms with E-state index in [0.29, 0.717) is 38.9 Å². The first-order valence-corrected chi connectivity index (χ1v) is 6.17. The van der Waals surface area contributed by atoms with Gasteiger partial charge in [0.2, 0.25) is 0 Å². The Labute approximate surface area is 103 Å². The molecule has 2 rings (SSSR count). The fourth-order valence-electron chi connectivity index (χ4n) is 2.44. The lowest BCUT2D eigenvalue weighted by molar-refractivity contribution is -0.203. The molecule has 1 aliphatic carbocycles. The highest BCUT2D eigenvalue weighted by Gasteiger charge is 2.41. The molecule has 106 valence electrons. The van der Waals surface area contributed by atoms with Crippen LogP contribution < -0.4 is 5.32 Å². The second-order valence-electron chi connectivity index (χ2n) is 4.85. The molecule has 7 heteroatoms. The van der Waals surface area contributed by atoms with E-state index in [0.717, 1.165) is 0 Å². The van der Waals surface area contributed by atoms with Crippen LogP contribution in [0.2, 0.25) is 0 Å². The molecule has 0 aromatic carbocycles. The van der Waals surface area contributed by atoms with Gasteiger partial charge in [-0.05, 0) is 12.8 Å². The summed E-state index contributed by atoms with van der Waals surface area (Å²) in [5.41, 5.74) is 0. The number of rotatable bonds is 3. The largest absolute Gasteiger partial charge is 0.415 e. The van der Waals surface area contributed by atoms with Crippen molar-refractivity contribution in [1.82, 2.24) is 5.32 Å². The Morgan fingerprint density at radius 1 is 1.22 bits per heavy atom. The first-order valence-electron chi connectivity index (χ1n) is 6.17. The number of alkyl halides is 3. The summed E-state index contributed by atoms with van der Waals surface area (Å²) in [7, 11) is 0. The molecule has 0 amide bonds. The van der Waals surface area contributed by atoms with Crippen molar-refractivity contribution in [2.45, 2.75) is 49.8 Å². The van der Waals surface area contributed by atoms with Gasteiger partial charge in [-0.25, -0.2) is 0 Å². The lowest BCUT2D eigenvalue weighted by Crippen LogP contribution is -2.46. The van der Waals surface area contributed by atoms with Gasteiger partial charge in [0.15, 0.2) is 11.9 Å². The van der Waals surface area contributed by atoms with Crippen molar-refractivity contribution in [2.75, 3.05) is 19.8 Å². The van der Waals surface area contributed by atoms with Crippen LogP contribution in [0.1, 0.15) is 25.7 Å². The monoisotopic (exact) mass is 269 g/mol. The van der Waals surface area contributed by atoms with Crippen LogP contribution in [0.3, 0.4) is 0 Å². The summed E-state index contributed by atoms with van der Waals surface area (Å²) in [6, 6.07) is -0.0135. The highest BCUT2D eigenvalue weighted by molar-refractivity contribution is 4.86. The highest BCUT2D eigenvalue weighted by Crippen LogP contribution is 2.35. The molecule has 2 aliphatic rings. The maximum Gasteiger partial charge on any atom is 0.415 e. The standard InChI is InChI=1S/C11H18F3NO3/c12-11(13,14)9(16)7-15-8-1-3-10(4-2-8)17-5-6-18-10/h8-9,15-16H,1-7H2.